The van der Waals surface area contributed by atoms with Crippen LogP contribution in [0.5, 0.6) is 0 Å². The molecule has 5 nitrogen and oxygen atoms in total. The topological polar surface area (TPSA) is 66.0 Å². The molecule has 6 heteroatoms. The van der Waals surface area contributed by atoms with Crippen LogP contribution in [-0.2, 0) is 10.2 Å². The second-order valence-electron chi connectivity index (χ2n) is 7.31. The largest absolute Gasteiger partial charge is 0.381 e. The monoisotopic (exact) mass is 310 g/mol. The van der Waals surface area contributed by atoms with Crippen LogP contribution >= 0.6 is 11.8 Å². The van der Waals surface area contributed by atoms with E-state index in [9.17, 15) is 0 Å². The number of rotatable bonds is 1. The molecule has 1 aromatic rings. The first-order valence-corrected chi connectivity index (χ1v) is 9.00. The highest BCUT2D eigenvalue weighted by Gasteiger charge is 2.41. The van der Waals surface area contributed by atoms with Gasteiger partial charge in [0, 0.05) is 12.0 Å². The zero-order chi connectivity index (χ0) is 15.1. The lowest BCUT2D eigenvalue weighted by Gasteiger charge is -2.43. The third-order valence-corrected chi connectivity index (χ3v) is 5.63. The molecule has 0 radical (unpaired) electrons. The minimum Gasteiger partial charge on any atom is -0.381 e. The SMILES string of the molecule is CC(C)(C)c1c(N)nnn1C1CCOC2(CCSCC2)C1. The van der Waals surface area contributed by atoms with Crippen molar-refractivity contribution in [1.82, 2.24) is 15.0 Å². The number of ether oxygens (including phenoxy) is 1. The van der Waals surface area contributed by atoms with E-state index in [4.69, 9.17) is 10.5 Å². The third kappa shape index (κ3) is 2.93. The normalized spacial score (nSPS) is 26.1. The van der Waals surface area contributed by atoms with Crippen LogP contribution in [0.4, 0.5) is 5.82 Å². The molecule has 0 saturated carbocycles. The highest BCUT2D eigenvalue weighted by molar-refractivity contribution is 7.99. The van der Waals surface area contributed by atoms with Crippen molar-refractivity contribution in [3.63, 3.8) is 0 Å². The summed E-state index contributed by atoms with van der Waals surface area (Å²) in [5.41, 5.74) is 7.16. The Bertz CT molecular complexity index is 497. The van der Waals surface area contributed by atoms with Crippen molar-refractivity contribution in [2.45, 2.75) is 63.5 Å². The summed E-state index contributed by atoms with van der Waals surface area (Å²) in [5, 5.41) is 8.50. The fourth-order valence-corrected chi connectivity index (χ4v) is 4.83. The summed E-state index contributed by atoms with van der Waals surface area (Å²) in [6.07, 6.45) is 4.35. The van der Waals surface area contributed by atoms with Gasteiger partial charge in [0.25, 0.3) is 0 Å². The molecule has 0 aliphatic carbocycles. The average molecular weight is 310 g/mol. The number of hydrogen-bond donors (Lipinski definition) is 1. The van der Waals surface area contributed by atoms with Gasteiger partial charge in [-0.05, 0) is 37.2 Å². The lowest BCUT2D eigenvalue weighted by molar-refractivity contribution is -0.101. The van der Waals surface area contributed by atoms with Gasteiger partial charge in [-0.3, -0.25) is 0 Å². The lowest BCUT2D eigenvalue weighted by Crippen LogP contribution is -2.44. The van der Waals surface area contributed by atoms with Gasteiger partial charge in [0.2, 0.25) is 0 Å². The van der Waals surface area contributed by atoms with Crippen molar-refractivity contribution in [3.05, 3.63) is 5.69 Å². The highest BCUT2D eigenvalue weighted by atomic mass is 32.2. The van der Waals surface area contributed by atoms with E-state index in [1.807, 2.05) is 11.8 Å². The van der Waals surface area contributed by atoms with Gasteiger partial charge in [-0.15, -0.1) is 5.10 Å². The van der Waals surface area contributed by atoms with Crippen molar-refractivity contribution in [2.24, 2.45) is 0 Å². The second kappa shape index (κ2) is 5.47. The van der Waals surface area contributed by atoms with Crippen LogP contribution in [0.1, 0.15) is 58.2 Å². The maximum atomic E-state index is 6.18. The van der Waals surface area contributed by atoms with Crippen LogP contribution < -0.4 is 5.73 Å². The Morgan fingerprint density at radius 3 is 2.71 bits per heavy atom. The second-order valence-corrected chi connectivity index (χ2v) is 8.53. The Morgan fingerprint density at radius 1 is 1.33 bits per heavy atom. The van der Waals surface area contributed by atoms with Crippen LogP contribution in [0.25, 0.3) is 0 Å². The fraction of sp³-hybridized carbons (Fsp3) is 0.867. The van der Waals surface area contributed by atoms with Gasteiger partial charge in [-0.25, -0.2) is 4.68 Å². The molecule has 21 heavy (non-hydrogen) atoms. The predicted octanol–water partition coefficient (Wildman–Crippen LogP) is 2.78. The Labute approximate surface area is 131 Å². The van der Waals surface area contributed by atoms with Crippen LogP contribution in [-0.4, -0.2) is 38.7 Å². The maximum Gasteiger partial charge on any atom is 0.169 e. The van der Waals surface area contributed by atoms with E-state index in [0.29, 0.717) is 11.9 Å². The minimum absolute atomic E-state index is 0.0402. The zero-order valence-corrected chi connectivity index (χ0v) is 14.1. The maximum absolute atomic E-state index is 6.18. The Kier molecular flexibility index (Phi) is 3.94. The summed E-state index contributed by atoms with van der Waals surface area (Å²) in [6.45, 7) is 7.33. The van der Waals surface area contributed by atoms with Gasteiger partial charge in [-0.2, -0.15) is 11.8 Å². The van der Waals surface area contributed by atoms with Gasteiger partial charge in [0.15, 0.2) is 5.82 Å². The van der Waals surface area contributed by atoms with Gasteiger partial charge in [0.05, 0.1) is 17.3 Å². The Balaban J connectivity index is 1.87. The molecule has 1 unspecified atom stereocenters. The fourth-order valence-electron chi connectivity index (χ4n) is 3.59. The number of aromatic nitrogens is 3. The zero-order valence-electron chi connectivity index (χ0n) is 13.3. The van der Waals surface area contributed by atoms with Crippen LogP contribution in [0, 0.1) is 0 Å². The van der Waals surface area contributed by atoms with E-state index in [-0.39, 0.29) is 11.0 Å². The molecule has 118 valence electrons. The number of nitrogens with zero attached hydrogens (tertiary/aromatic N) is 3. The molecule has 0 aromatic carbocycles. The molecular formula is C15H26N4OS. The first kappa shape index (κ1) is 15.2. The molecule has 3 rings (SSSR count). The van der Waals surface area contributed by atoms with Gasteiger partial charge >= 0.3 is 0 Å². The van der Waals surface area contributed by atoms with E-state index in [0.717, 1.165) is 38.0 Å². The molecule has 0 amide bonds. The van der Waals surface area contributed by atoms with Gasteiger partial charge in [0.1, 0.15) is 0 Å². The standard InChI is InChI=1S/C15H26N4OS/c1-14(2,3)12-13(16)17-18-19(12)11-4-7-20-15(10-11)5-8-21-9-6-15/h11H,4-10,16H2,1-3H3. The quantitative estimate of drug-likeness (QED) is 0.864. The number of thioether (sulfide) groups is 1. The van der Waals surface area contributed by atoms with Gasteiger partial charge in [-0.1, -0.05) is 26.0 Å². The molecule has 2 fully saturated rings. The summed E-state index contributed by atoms with van der Waals surface area (Å²) in [6, 6.07) is 0.362. The van der Waals surface area contributed by atoms with Crippen molar-refractivity contribution in [3.8, 4) is 0 Å². The number of hydrogen-bond acceptors (Lipinski definition) is 5. The number of nitrogens with two attached hydrogens (primary N) is 1. The van der Waals surface area contributed by atoms with E-state index in [1.54, 1.807) is 0 Å². The molecule has 1 atom stereocenters. The lowest BCUT2D eigenvalue weighted by atomic mass is 9.84. The summed E-state index contributed by atoms with van der Waals surface area (Å²) >= 11 is 2.04. The summed E-state index contributed by atoms with van der Waals surface area (Å²) in [4.78, 5) is 0. The first-order chi connectivity index (χ1) is 9.91. The molecule has 2 N–H and O–H groups in total. The highest BCUT2D eigenvalue weighted by Crippen LogP contribution is 2.42. The minimum atomic E-state index is -0.0402. The van der Waals surface area contributed by atoms with Crippen LogP contribution in [0.2, 0.25) is 0 Å². The first-order valence-electron chi connectivity index (χ1n) is 7.84. The summed E-state index contributed by atoms with van der Waals surface area (Å²) < 4.78 is 8.27. The summed E-state index contributed by atoms with van der Waals surface area (Å²) in [5.74, 6) is 2.98. The van der Waals surface area contributed by atoms with Gasteiger partial charge < -0.3 is 10.5 Å². The third-order valence-electron chi connectivity index (χ3n) is 4.65. The number of nitrogen functional groups attached to an aromatic ring is 1. The van der Waals surface area contributed by atoms with Crippen molar-refractivity contribution in [1.29, 1.82) is 0 Å². The van der Waals surface area contributed by atoms with Crippen LogP contribution in [0.3, 0.4) is 0 Å². The van der Waals surface area contributed by atoms with Crippen molar-refractivity contribution < 1.29 is 4.74 Å². The van der Waals surface area contributed by atoms with Crippen molar-refractivity contribution in [2.75, 3.05) is 23.8 Å². The van der Waals surface area contributed by atoms with E-state index < -0.39 is 0 Å². The number of anilines is 1. The molecule has 3 heterocycles. The smallest absolute Gasteiger partial charge is 0.169 e. The van der Waals surface area contributed by atoms with Crippen molar-refractivity contribution >= 4 is 17.6 Å². The van der Waals surface area contributed by atoms with E-state index >= 15 is 0 Å². The van der Waals surface area contributed by atoms with Crippen LogP contribution in [0.15, 0.2) is 0 Å². The molecule has 1 spiro atoms. The molecule has 2 saturated heterocycles. The average Bonchev–Trinajstić information content (AvgIpc) is 2.81. The molecular weight excluding hydrogens is 284 g/mol. The predicted molar refractivity (Wildman–Crippen MR) is 86.6 cm³/mol. The Morgan fingerprint density at radius 2 is 2.05 bits per heavy atom. The molecule has 1 aromatic heterocycles. The van der Waals surface area contributed by atoms with E-state index in [2.05, 4.69) is 35.8 Å². The summed E-state index contributed by atoms with van der Waals surface area (Å²) in [7, 11) is 0. The van der Waals surface area contributed by atoms with E-state index in [1.165, 1.54) is 11.5 Å². The molecule has 2 aliphatic heterocycles. The molecule has 0 bridgehead atoms. The molecule has 2 aliphatic rings. The Hall–Kier alpha value is -0.750.